The van der Waals surface area contributed by atoms with Crippen LogP contribution in [0.15, 0.2) is 18.2 Å². The van der Waals surface area contributed by atoms with E-state index in [1.165, 1.54) is 5.56 Å². The van der Waals surface area contributed by atoms with Gasteiger partial charge in [-0.15, -0.1) is 0 Å². The smallest absolute Gasteiger partial charge is 0.161 e. The Morgan fingerprint density at radius 2 is 1.84 bits per heavy atom. The molecule has 0 radical (unpaired) electrons. The van der Waals surface area contributed by atoms with Crippen molar-refractivity contribution in [1.29, 1.82) is 0 Å². The van der Waals surface area contributed by atoms with Crippen molar-refractivity contribution in [2.75, 3.05) is 0 Å². The Kier molecular flexibility index (Phi) is 4.46. The van der Waals surface area contributed by atoms with Crippen LogP contribution in [0, 0.1) is 17.4 Å². The summed E-state index contributed by atoms with van der Waals surface area (Å²) in [5.41, 5.74) is 4.43. The Morgan fingerprint density at radius 1 is 1.16 bits per heavy atom. The van der Waals surface area contributed by atoms with Crippen LogP contribution in [-0.4, -0.2) is 9.97 Å². The van der Waals surface area contributed by atoms with Gasteiger partial charge in [0.05, 0.1) is 9.26 Å². The molecule has 100 valence electrons. The molecule has 0 aliphatic heterocycles. The molecule has 2 aromatic rings. The summed E-state index contributed by atoms with van der Waals surface area (Å²) in [5.74, 6) is 1.05. The number of nitrogens with zero attached hydrogens (tertiary/aromatic N) is 2. The molecule has 0 bridgehead atoms. The predicted molar refractivity (Wildman–Crippen MR) is 88.8 cm³/mol. The molecular formula is C15H16ClIN2. The van der Waals surface area contributed by atoms with Crippen LogP contribution in [0.25, 0.3) is 11.4 Å². The first-order valence-corrected chi connectivity index (χ1v) is 7.66. The molecule has 2 rings (SSSR count). The molecule has 2 nitrogen and oxygen atoms in total. The number of halogens is 2. The Bertz CT molecular complexity index is 624. The second-order valence-corrected chi connectivity index (χ2v) is 6.45. The molecule has 0 saturated heterocycles. The molecule has 19 heavy (non-hydrogen) atoms. The quantitative estimate of drug-likeness (QED) is 0.527. The van der Waals surface area contributed by atoms with E-state index in [2.05, 4.69) is 73.5 Å². The zero-order valence-corrected chi connectivity index (χ0v) is 14.4. The number of hydrogen-bond donors (Lipinski definition) is 0. The highest BCUT2D eigenvalue weighted by Crippen LogP contribution is 2.29. The molecule has 1 heterocycles. The van der Waals surface area contributed by atoms with Crippen molar-refractivity contribution in [2.45, 2.75) is 33.6 Å². The second-order valence-electron chi connectivity index (χ2n) is 5.01. The van der Waals surface area contributed by atoms with Gasteiger partial charge in [0, 0.05) is 5.56 Å². The first-order chi connectivity index (χ1) is 8.90. The van der Waals surface area contributed by atoms with Gasteiger partial charge in [-0.2, -0.15) is 0 Å². The lowest BCUT2D eigenvalue weighted by Gasteiger charge is -2.12. The third kappa shape index (κ3) is 3.08. The van der Waals surface area contributed by atoms with E-state index < -0.39 is 0 Å². The minimum absolute atomic E-state index is 0.330. The molecule has 0 amide bonds. The SMILES string of the molecule is Cc1ccc(C)c(-c2nc(Cl)c(I)c(C(C)C)n2)c1. The monoisotopic (exact) mass is 386 g/mol. The van der Waals surface area contributed by atoms with Gasteiger partial charge >= 0.3 is 0 Å². The summed E-state index contributed by atoms with van der Waals surface area (Å²) < 4.78 is 0.948. The third-order valence-electron chi connectivity index (χ3n) is 3.02. The van der Waals surface area contributed by atoms with Gasteiger partial charge in [0.2, 0.25) is 0 Å². The van der Waals surface area contributed by atoms with E-state index in [1.54, 1.807) is 0 Å². The third-order valence-corrected chi connectivity index (χ3v) is 4.67. The molecule has 0 N–H and O–H groups in total. The summed E-state index contributed by atoms with van der Waals surface area (Å²) in [4.78, 5) is 9.14. The molecule has 0 aliphatic rings. The van der Waals surface area contributed by atoms with Gasteiger partial charge in [0.1, 0.15) is 5.15 Å². The highest BCUT2D eigenvalue weighted by atomic mass is 127. The van der Waals surface area contributed by atoms with Crippen LogP contribution < -0.4 is 0 Å². The average Bonchev–Trinajstić information content (AvgIpc) is 2.35. The summed E-state index contributed by atoms with van der Waals surface area (Å²) in [6, 6.07) is 6.30. The standard InChI is InChI=1S/C15H16ClIN2/c1-8(2)13-12(17)14(16)19-15(18-13)11-7-9(3)5-6-10(11)4/h5-8H,1-4H3. The molecular weight excluding hydrogens is 371 g/mol. The van der Waals surface area contributed by atoms with E-state index in [-0.39, 0.29) is 0 Å². The molecule has 1 aromatic heterocycles. The van der Waals surface area contributed by atoms with Crippen molar-refractivity contribution >= 4 is 34.2 Å². The van der Waals surface area contributed by atoms with Crippen molar-refractivity contribution < 1.29 is 0 Å². The molecule has 0 aliphatic carbocycles. The van der Waals surface area contributed by atoms with E-state index >= 15 is 0 Å². The van der Waals surface area contributed by atoms with Crippen LogP contribution in [0.1, 0.15) is 36.6 Å². The Morgan fingerprint density at radius 3 is 2.47 bits per heavy atom. The van der Waals surface area contributed by atoms with Crippen LogP contribution in [0.4, 0.5) is 0 Å². The minimum atomic E-state index is 0.330. The van der Waals surface area contributed by atoms with Gasteiger partial charge in [0.15, 0.2) is 5.82 Å². The largest absolute Gasteiger partial charge is 0.232 e. The number of aryl methyl sites for hydroxylation is 2. The molecule has 1 aromatic carbocycles. The Labute approximate surface area is 132 Å². The maximum absolute atomic E-state index is 6.25. The van der Waals surface area contributed by atoms with Gasteiger partial charge in [-0.3, -0.25) is 0 Å². The average molecular weight is 387 g/mol. The summed E-state index contributed by atoms with van der Waals surface area (Å²) in [6.45, 7) is 8.38. The van der Waals surface area contributed by atoms with E-state index in [0.29, 0.717) is 11.1 Å². The van der Waals surface area contributed by atoms with Crippen LogP contribution in [0.3, 0.4) is 0 Å². The van der Waals surface area contributed by atoms with E-state index in [9.17, 15) is 0 Å². The molecule has 0 unspecified atom stereocenters. The molecule has 4 heteroatoms. The van der Waals surface area contributed by atoms with Gasteiger partial charge in [-0.1, -0.05) is 43.1 Å². The van der Waals surface area contributed by atoms with Gasteiger partial charge in [-0.25, -0.2) is 9.97 Å². The summed E-state index contributed by atoms with van der Waals surface area (Å²) in [6.07, 6.45) is 0. The molecule has 0 saturated carbocycles. The normalized spacial score (nSPS) is 11.1. The molecule has 0 fully saturated rings. The Hall–Kier alpha value is -0.680. The topological polar surface area (TPSA) is 25.8 Å². The maximum atomic E-state index is 6.25. The summed E-state index contributed by atoms with van der Waals surface area (Å²) in [7, 11) is 0. The zero-order chi connectivity index (χ0) is 14.2. The summed E-state index contributed by atoms with van der Waals surface area (Å²) >= 11 is 8.46. The number of benzene rings is 1. The van der Waals surface area contributed by atoms with Crippen molar-refractivity contribution in [1.82, 2.24) is 9.97 Å². The highest BCUT2D eigenvalue weighted by Gasteiger charge is 2.15. The number of hydrogen-bond acceptors (Lipinski definition) is 2. The number of aromatic nitrogens is 2. The van der Waals surface area contributed by atoms with Crippen molar-refractivity contribution in [3.05, 3.63) is 43.7 Å². The van der Waals surface area contributed by atoms with E-state index in [1.807, 2.05) is 0 Å². The fourth-order valence-corrected chi connectivity index (χ4v) is 2.96. The zero-order valence-electron chi connectivity index (χ0n) is 11.5. The van der Waals surface area contributed by atoms with E-state index in [0.717, 1.165) is 26.2 Å². The van der Waals surface area contributed by atoms with Crippen molar-refractivity contribution in [2.24, 2.45) is 0 Å². The fraction of sp³-hybridized carbons (Fsp3) is 0.333. The second kappa shape index (κ2) is 5.75. The minimum Gasteiger partial charge on any atom is -0.232 e. The van der Waals surface area contributed by atoms with Gasteiger partial charge in [-0.05, 0) is 54.0 Å². The lowest BCUT2D eigenvalue weighted by molar-refractivity contribution is 0.808. The highest BCUT2D eigenvalue weighted by molar-refractivity contribution is 14.1. The van der Waals surface area contributed by atoms with Gasteiger partial charge < -0.3 is 0 Å². The van der Waals surface area contributed by atoms with Crippen LogP contribution in [0.2, 0.25) is 5.15 Å². The van der Waals surface area contributed by atoms with Crippen LogP contribution in [0.5, 0.6) is 0 Å². The summed E-state index contributed by atoms with van der Waals surface area (Å²) in [5, 5.41) is 0.537. The van der Waals surface area contributed by atoms with Gasteiger partial charge in [0.25, 0.3) is 0 Å². The lowest BCUT2D eigenvalue weighted by atomic mass is 10.0. The maximum Gasteiger partial charge on any atom is 0.161 e. The fourth-order valence-electron chi connectivity index (χ4n) is 1.92. The first kappa shape index (κ1) is 14.7. The predicted octanol–water partition coefficient (Wildman–Crippen LogP) is 5.14. The van der Waals surface area contributed by atoms with Crippen LogP contribution in [-0.2, 0) is 0 Å². The lowest BCUT2D eigenvalue weighted by Crippen LogP contribution is -2.03. The first-order valence-electron chi connectivity index (χ1n) is 6.20. The molecule has 0 atom stereocenters. The number of rotatable bonds is 2. The van der Waals surface area contributed by atoms with Crippen molar-refractivity contribution in [3.8, 4) is 11.4 Å². The molecule has 0 spiro atoms. The van der Waals surface area contributed by atoms with Crippen molar-refractivity contribution in [3.63, 3.8) is 0 Å². The van der Waals surface area contributed by atoms with Crippen LogP contribution >= 0.6 is 34.2 Å². The van der Waals surface area contributed by atoms with E-state index in [4.69, 9.17) is 16.6 Å². The Balaban J connectivity index is 2.66.